The fourth-order valence-corrected chi connectivity index (χ4v) is 1.25. The molecule has 0 aliphatic rings. The molecule has 0 rings (SSSR count). The lowest BCUT2D eigenvalue weighted by Gasteiger charge is -2.23. The molecule has 15 heavy (non-hydrogen) atoms. The van der Waals surface area contributed by atoms with E-state index in [-0.39, 0.29) is 11.0 Å². The number of rotatable bonds is 4. The average Bonchev–Trinajstić information content (AvgIpc) is 2.10. The summed E-state index contributed by atoms with van der Waals surface area (Å²) in [5, 5.41) is 8.98. The predicted octanol–water partition coefficient (Wildman–Crippen LogP) is 1.85. The fourth-order valence-electron chi connectivity index (χ4n) is 1.25. The Morgan fingerprint density at radius 2 is 1.87 bits per heavy atom. The van der Waals surface area contributed by atoms with Gasteiger partial charge in [-0.05, 0) is 11.8 Å². The maximum Gasteiger partial charge on any atom is 0.334 e. The zero-order chi connectivity index (χ0) is 12.2. The van der Waals surface area contributed by atoms with Gasteiger partial charge in [0.2, 0.25) is 0 Å². The first kappa shape index (κ1) is 13.7. The first-order valence-electron chi connectivity index (χ1n) is 4.69. The van der Waals surface area contributed by atoms with Gasteiger partial charge in [0, 0.05) is 5.57 Å². The number of carbonyl (C=O) groups is 2. The predicted molar refractivity (Wildman–Crippen MR) is 56.4 cm³/mol. The third-order valence-electron chi connectivity index (χ3n) is 1.98. The molecular formula is C11H18O4. The van der Waals surface area contributed by atoms with E-state index in [1.807, 2.05) is 20.8 Å². The van der Waals surface area contributed by atoms with Gasteiger partial charge in [-0.3, -0.25) is 4.79 Å². The first-order valence-corrected chi connectivity index (χ1v) is 4.69. The Morgan fingerprint density at radius 1 is 1.40 bits per heavy atom. The highest BCUT2D eigenvalue weighted by molar-refractivity contribution is 5.94. The Bertz CT molecular complexity index is 273. The maximum atomic E-state index is 11.2. The molecule has 0 bridgehead atoms. The van der Waals surface area contributed by atoms with E-state index in [9.17, 15) is 9.59 Å². The van der Waals surface area contributed by atoms with Crippen molar-refractivity contribution >= 4 is 11.9 Å². The van der Waals surface area contributed by atoms with E-state index in [2.05, 4.69) is 11.3 Å². The molecule has 1 unspecified atom stereocenters. The van der Waals surface area contributed by atoms with Crippen molar-refractivity contribution in [2.24, 2.45) is 11.3 Å². The lowest BCUT2D eigenvalue weighted by molar-refractivity contribution is -0.145. The van der Waals surface area contributed by atoms with Gasteiger partial charge in [0.15, 0.2) is 0 Å². The molecule has 0 aromatic rings. The normalized spacial score (nSPS) is 13.1. The Balaban J connectivity index is 4.76. The van der Waals surface area contributed by atoms with Crippen molar-refractivity contribution in [3.8, 4) is 0 Å². The van der Waals surface area contributed by atoms with Crippen molar-refractivity contribution in [2.45, 2.75) is 27.2 Å². The number of carbonyl (C=O) groups excluding carboxylic acids is 1. The van der Waals surface area contributed by atoms with Crippen molar-refractivity contribution in [3.63, 3.8) is 0 Å². The summed E-state index contributed by atoms with van der Waals surface area (Å²) in [5.41, 5.74) is -0.181. The summed E-state index contributed by atoms with van der Waals surface area (Å²) < 4.78 is 4.46. The van der Waals surface area contributed by atoms with Crippen LogP contribution in [0.1, 0.15) is 27.2 Å². The summed E-state index contributed by atoms with van der Waals surface area (Å²) in [6, 6.07) is 0. The molecule has 0 heterocycles. The monoisotopic (exact) mass is 214 g/mol. The molecule has 0 saturated carbocycles. The second-order valence-electron chi connectivity index (χ2n) is 4.67. The second-order valence-corrected chi connectivity index (χ2v) is 4.67. The largest absolute Gasteiger partial charge is 0.481 e. The van der Waals surface area contributed by atoms with Crippen LogP contribution in [-0.4, -0.2) is 24.2 Å². The zero-order valence-electron chi connectivity index (χ0n) is 9.66. The van der Waals surface area contributed by atoms with Gasteiger partial charge in [0.1, 0.15) is 0 Å². The van der Waals surface area contributed by atoms with Crippen LogP contribution in [0.2, 0.25) is 0 Å². The number of carboxylic acids is 1. The van der Waals surface area contributed by atoms with E-state index < -0.39 is 17.9 Å². The average molecular weight is 214 g/mol. The van der Waals surface area contributed by atoms with Gasteiger partial charge in [-0.15, -0.1) is 0 Å². The molecule has 0 aromatic carbocycles. The van der Waals surface area contributed by atoms with Crippen molar-refractivity contribution in [1.82, 2.24) is 0 Å². The number of aliphatic carboxylic acids is 1. The molecule has 0 saturated heterocycles. The van der Waals surface area contributed by atoms with Crippen LogP contribution in [0.4, 0.5) is 0 Å². The van der Waals surface area contributed by atoms with Crippen molar-refractivity contribution < 1.29 is 19.4 Å². The molecule has 0 aliphatic heterocycles. The zero-order valence-corrected chi connectivity index (χ0v) is 9.66. The molecule has 4 heteroatoms. The van der Waals surface area contributed by atoms with Crippen molar-refractivity contribution in [3.05, 3.63) is 12.2 Å². The van der Waals surface area contributed by atoms with Gasteiger partial charge in [-0.2, -0.15) is 0 Å². The van der Waals surface area contributed by atoms with E-state index in [0.717, 1.165) is 0 Å². The van der Waals surface area contributed by atoms with Crippen LogP contribution < -0.4 is 0 Å². The lowest BCUT2D eigenvalue weighted by Crippen LogP contribution is -2.26. The standard InChI is InChI=1S/C11H18O4/c1-7(10(14)15-5)8(9(12)13)6-11(2,3)4/h8H,1,6H2,2-5H3,(H,12,13). The summed E-state index contributed by atoms with van der Waals surface area (Å²) in [7, 11) is 1.21. The minimum atomic E-state index is -1.04. The first-order chi connectivity index (χ1) is 6.69. The van der Waals surface area contributed by atoms with E-state index in [1.54, 1.807) is 0 Å². The highest BCUT2D eigenvalue weighted by Gasteiger charge is 2.30. The molecule has 1 N–H and O–H groups in total. The SMILES string of the molecule is C=C(C(=O)OC)C(CC(C)(C)C)C(=O)O. The van der Waals surface area contributed by atoms with E-state index >= 15 is 0 Å². The highest BCUT2D eigenvalue weighted by Crippen LogP contribution is 2.28. The third-order valence-corrected chi connectivity index (χ3v) is 1.98. The van der Waals surface area contributed by atoms with Crippen LogP contribution in [0.3, 0.4) is 0 Å². The number of hydrogen-bond donors (Lipinski definition) is 1. The minimum absolute atomic E-state index is 0.0000694. The van der Waals surface area contributed by atoms with Gasteiger partial charge in [-0.25, -0.2) is 4.79 Å². The Labute approximate surface area is 89.9 Å². The van der Waals surface area contributed by atoms with Crippen molar-refractivity contribution in [1.29, 1.82) is 0 Å². The topological polar surface area (TPSA) is 63.6 Å². The summed E-state index contributed by atoms with van der Waals surface area (Å²) in [5.74, 6) is -2.58. The van der Waals surface area contributed by atoms with Gasteiger partial charge in [0.25, 0.3) is 0 Å². The van der Waals surface area contributed by atoms with Gasteiger partial charge in [0.05, 0.1) is 13.0 Å². The molecule has 0 amide bonds. The Morgan fingerprint density at radius 3 is 2.13 bits per heavy atom. The summed E-state index contributed by atoms with van der Waals surface area (Å²) in [6.45, 7) is 9.21. The summed E-state index contributed by atoms with van der Waals surface area (Å²) in [6.07, 6.45) is 0.357. The molecule has 86 valence electrons. The van der Waals surface area contributed by atoms with E-state index in [4.69, 9.17) is 5.11 Å². The van der Waals surface area contributed by atoms with Crippen LogP contribution in [0.15, 0.2) is 12.2 Å². The number of carboxylic acid groups (broad SMARTS) is 1. The molecule has 0 fully saturated rings. The van der Waals surface area contributed by atoms with Crippen LogP contribution >= 0.6 is 0 Å². The third kappa shape index (κ3) is 4.63. The second kappa shape index (κ2) is 4.96. The molecule has 0 aromatic heterocycles. The molecular weight excluding hydrogens is 196 g/mol. The van der Waals surface area contributed by atoms with Crippen molar-refractivity contribution in [2.75, 3.05) is 7.11 Å². The number of ether oxygens (including phenoxy) is 1. The molecule has 0 aliphatic carbocycles. The number of methoxy groups -OCH3 is 1. The van der Waals surface area contributed by atoms with E-state index in [0.29, 0.717) is 6.42 Å². The quantitative estimate of drug-likeness (QED) is 0.573. The smallest absolute Gasteiger partial charge is 0.334 e. The van der Waals surface area contributed by atoms with Crippen LogP contribution in [-0.2, 0) is 14.3 Å². The van der Waals surface area contributed by atoms with Gasteiger partial charge < -0.3 is 9.84 Å². The number of esters is 1. The fraction of sp³-hybridized carbons (Fsp3) is 0.636. The Hall–Kier alpha value is -1.32. The number of hydrogen-bond acceptors (Lipinski definition) is 3. The molecule has 0 radical (unpaired) electrons. The van der Waals surface area contributed by atoms with Gasteiger partial charge >= 0.3 is 11.9 Å². The summed E-state index contributed by atoms with van der Waals surface area (Å²) >= 11 is 0. The van der Waals surface area contributed by atoms with Gasteiger partial charge in [-0.1, -0.05) is 27.4 Å². The summed E-state index contributed by atoms with van der Waals surface area (Å²) in [4.78, 5) is 22.1. The lowest BCUT2D eigenvalue weighted by atomic mass is 9.81. The minimum Gasteiger partial charge on any atom is -0.481 e. The van der Waals surface area contributed by atoms with Crippen LogP contribution in [0, 0.1) is 11.3 Å². The van der Waals surface area contributed by atoms with Crippen LogP contribution in [0.25, 0.3) is 0 Å². The molecule has 1 atom stereocenters. The highest BCUT2D eigenvalue weighted by atomic mass is 16.5. The molecule has 0 spiro atoms. The van der Waals surface area contributed by atoms with Crippen LogP contribution in [0.5, 0.6) is 0 Å². The molecule has 4 nitrogen and oxygen atoms in total. The maximum absolute atomic E-state index is 11.2. The Kier molecular flexibility index (Phi) is 4.52. The van der Waals surface area contributed by atoms with E-state index in [1.165, 1.54) is 7.11 Å².